The fraction of sp³-hybridized carbons (Fsp3) is 0.571. The molecule has 0 aromatic heterocycles. The summed E-state index contributed by atoms with van der Waals surface area (Å²) < 4.78 is 4.91. The van der Waals surface area contributed by atoms with Gasteiger partial charge >= 0.3 is 0 Å². The van der Waals surface area contributed by atoms with Crippen LogP contribution in [0.3, 0.4) is 0 Å². The van der Waals surface area contributed by atoms with E-state index in [4.69, 9.17) is 16.3 Å². The minimum Gasteiger partial charge on any atom is -1.00 e. The Morgan fingerprint density at radius 1 is 1.39 bits per heavy atom. The first-order valence-corrected chi connectivity index (χ1v) is 7.47. The summed E-state index contributed by atoms with van der Waals surface area (Å²) in [6, 6.07) is 4.74. The molecular formula is C14H20Cl2N3O4-. The lowest BCUT2D eigenvalue weighted by Crippen LogP contribution is -3.00. The van der Waals surface area contributed by atoms with Crippen LogP contribution < -0.4 is 17.3 Å². The number of nitro groups is 1. The highest BCUT2D eigenvalue weighted by atomic mass is 35.5. The molecule has 0 bridgehead atoms. The third-order valence-corrected chi connectivity index (χ3v) is 3.91. The van der Waals surface area contributed by atoms with E-state index in [1.54, 1.807) is 19.2 Å². The smallest absolute Gasteiger partial charge is 0.294 e. The predicted octanol–water partition coefficient (Wildman–Crippen LogP) is -1.62. The van der Waals surface area contributed by atoms with Crippen molar-refractivity contribution in [3.05, 3.63) is 33.3 Å². The average molecular weight is 365 g/mol. The molecule has 1 unspecified atom stereocenters. The van der Waals surface area contributed by atoms with Crippen molar-refractivity contribution in [2.45, 2.75) is 6.10 Å². The van der Waals surface area contributed by atoms with Gasteiger partial charge in [0, 0.05) is 50.9 Å². The highest BCUT2D eigenvalue weighted by molar-refractivity contribution is 6.30. The lowest BCUT2D eigenvalue weighted by Gasteiger charge is -2.36. The van der Waals surface area contributed by atoms with Crippen LogP contribution in [0.2, 0.25) is 5.02 Å². The monoisotopic (exact) mass is 364 g/mol. The zero-order valence-electron chi connectivity index (χ0n) is 12.8. The van der Waals surface area contributed by atoms with E-state index in [1.807, 2.05) is 4.90 Å². The van der Waals surface area contributed by atoms with Crippen LogP contribution in [-0.4, -0.2) is 67.5 Å². The van der Waals surface area contributed by atoms with E-state index in [1.165, 1.54) is 6.07 Å². The number of methoxy groups -OCH3 is 1. The number of hydrogen-bond acceptors (Lipinski definition) is 6. The largest absolute Gasteiger partial charge is 1.00 e. The maximum absolute atomic E-state index is 11.2. The average Bonchev–Trinajstić information content (AvgIpc) is 2.48. The second-order valence-corrected chi connectivity index (χ2v) is 5.72. The van der Waals surface area contributed by atoms with Gasteiger partial charge in [0.2, 0.25) is 0 Å². The topological polar surface area (TPSA) is 79.1 Å². The molecule has 23 heavy (non-hydrogen) atoms. The highest BCUT2D eigenvalue weighted by Gasteiger charge is 2.24. The molecule has 1 aliphatic heterocycles. The fourth-order valence-electron chi connectivity index (χ4n) is 2.62. The van der Waals surface area contributed by atoms with Crippen molar-refractivity contribution in [2.75, 3.05) is 51.3 Å². The Bertz CT molecular complexity index is 525. The summed E-state index contributed by atoms with van der Waals surface area (Å²) in [6.07, 6.45) is -0.513. The van der Waals surface area contributed by atoms with Crippen LogP contribution in [0.1, 0.15) is 0 Å². The van der Waals surface area contributed by atoms with Crippen molar-refractivity contribution in [3.8, 4) is 0 Å². The lowest BCUT2D eigenvalue weighted by molar-refractivity contribution is -0.384. The molecule has 1 aromatic carbocycles. The molecule has 0 radical (unpaired) electrons. The number of aliphatic hydroxyl groups excluding tert-OH is 1. The first-order valence-electron chi connectivity index (χ1n) is 7.09. The molecule has 0 amide bonds. The van der Waals surface area contributed by atoms with E-state index in [-0.39, 0.29) is 18.1 Å². The van der Waals surface area contributed by atoms with Gasteiger partial charge in [0.1, 0.15) is 5.69 Å². The fourth-order valence-corrected chi connectivity index (χ4v) is 2.79. The molecule has 1 fully saturated rings. The van der Waals surface area contributed by atoms with Crippen molar-refractivity contribution >= 4 is 23.0 Å². The first kappa shape index (κ1) is 19.9. The molecule has 0 spiro atoms. The minimum atomic E-state index is -0.513. The number of aliphatic hydroxyl groups is 1. The Balaban J connectivity index is 0.00000264. The molecule has 1 atom stereocenters. The maximum atomic E-state index is 11.2. The summed E-state index contributed by atoms with van der Waals surface area (Å²) >= 11 is 5.84. The Morgan fingerprint density at radius 2 is 2.04 bits per heavy atom. The van der Waals surface area contributed by atoms with Gasteiger partial charge in [-0.25, -0.2) is 0 Å². The molecule has 1 heterocycles. The number of β-amino-alcohol motifs (C(OH)–C–C–N with tert-alkyl or cyclic N) is 1. The number of piperazine rings is 1. The molecule has 130 valence electrons. The van der Waals surface area contributed by atoms with Gasteiger partial charge in [-0.2, -0.15) is 0 Å². The van der Waals surface area contributed by atoms with Crippen LogP contribution in [-0.2, 0) is 4.74 Å². The molecule has 1 saturated heterocycles. The minimum absolute atomic E-state index is 0. The number of ether oxygens (including phenoxy) is 1. The normalized spacial score (nSPS) is 16.7. The second-order valence-electron chi connectivity index (χ2n) is 5.29. The molecule has 1 aromatic rings. The molecule has 1 aliphatic rings. The summed E-state index contributed by atoms with van der Waals surface area (Å²) in [6.45, 7) is 3.67. The van der Waals surface area contributed by atoms with Crippen molar-refractivity contribution in [2.24, 2.45) is 0 Å². The number of benzene rings is 1. The molecule has 7 nitrogen and oxygen atoms in total. The molecule has 9 heteroatoms. The second kappa shape index (κ2) is 9.24. The van der Waals surface area contributed by atoms with Gasteiger partial charge in [-0.1, -0.05) is 11.6 Å². The van der Waals surface area contributed by atoms with Gasteiger partial charge in [-0.3, -0.25) is 15.0 Å². The highest BCUT2D eigenvalue weighted by Crippen LogP contribution is 2.31. The first-order chi connectivity index (χ1) is 10.5. The van der Waals surface area contributed by atoms with Gasteiger partial charge in [0.05, 0.1) is 17.6 Å². The third-order valence-electron chi connectivity index (χ3n) is 3.68. The Labute approximate surface area is 146 Å². The van der Waals surface area contributed by atoms with Crippen LogP contribution in [0, 0.1) is 10.1 Å². The van der Waals surface area contributed by atoms with E-state index >= 15 is 0 Å². The van der Waals surface area contributed by atoms with Crippen molar-refractivity contribution < 1.29 is 27.2 Å². The van der Waals surface area contributed by atoms with Gasteiger partial charge in [-0.15, -0.1) is 0 Å². The lowest BCUT2D eigenvalue weighted by atomic mass is 10.2. The summed E-state index contributed by atoms with van der Waals surface area (Å²) in [5.74, 6) is 0. The van der Waals surface area contributed by atoms with E-state index in [2.05, 4.69) is 4.90 Å². The van der Waals surface area contributed by atoms with Crippen LogP contribution >= 0.6 is 11.6 Å². The Hall–Kier alpha value is -1.12. The molecular weight excluding hydrogens is 345 g/mol. The summed E-state index contributed by atoms with van der Waals surface area (Å²) in [4.78, 5) is 14.9. The Morgan fingerprint density at radius 3 is 2.61 bits per heavy atom. The van der Waals surface area contributed by atoms with Gasteiger partial charge in [-0.05, 0) is 12.1 Å². The molecule has 0 saturated carbocycles. The van der Waals surface area contributed by atoms with Crippen molar-refractivity contribution in [1.82, 2.24) is 4.90 Å². The number of halogens is 2. The van der Waals surface area contributed by atoms with E-state index < -0.39 is 11.0 Å². The van der Waals surface area contributed by atoms with Crippen molar-refractivity contribution in [1.29, 1.82) is 0 Å². The number of hydrogen-bond donors (Lipinski definition) is 1. The molecule has 1 N–H and O–H groups in total. The third kappa shape index (κ3) is 5.47. The zero-order chi connectivity index (χ0) is 16.1. The van der Waals surface area contributed by atoms with E-state index in [0.717, 1.165) is 13.1 Å². The SMILES string of the molecule is COCC(O)CN1CCN(c2ccc(Cl)cc2[N+](=O)[O-])CC1.[Cl-]. The van der Waals surface area contributed by atoms with Gasteiger partial charge < -0.3 is 27.2 Å². The summed E-state index contributed by atoms with van der Waals surface area (Å²) in [5, 5.41) is 21.3. The standard InChI is InChI=1S/C14H20ClN3O4.ClH/c1-22-10-12(19)9-16-4-6-17(7-5-16)13-3-2-11(15)8-14(13)18(20)21;/h2-3,8,12,19H,4-7,9-10H2,1H3;1H/p-1. The molecule has 2 rings (SSSR count). The summed E-state index contributed by atoms with van der Waals surface area (Å²) in [5.41, 5.74) is 0.617. The number of rotatable bonds is 6. The van der Waals surface area contributed by atoms with Crippen LogP contribution in [0.15, 0.2) is 18.2 Å². The Kier molecular flexibility index (Phi) is 8.01. The van der Waals surface area contributed by atoms with Crippen LogP contribution in [0.4, 0.5) is 11.4 Å². The molecule has 0 aliphatic carbocycles. The van der Waals surface area contributed by atoms with Crippen LogP contribution in [0.25, 0.3) is 0 Å². The summed E-state index contributed by atoms with van der Waals surface area (Å²) in [7, 11) is 1.56. The predicted molar refractivity (Wildman–Crippen MR) is 84.6 cm³/mol. The quantitative estimate of drug-likeness (QED) is 0.482. The zero-order valence-corrected chi connectivity index (χ0v) is 14.3. The van der Waals surface area contributed by atoms with E-state index in [0.29, 0.717) is 37.0 Å². The van der Waals surface area contributed by atoms with Crippen molar-refractivity contribution in [3.63, 3.8) is 0 Å². The van der Waals surface area contributed by atoms with Crippen LogP contribution in [0.5, 0.6) is 0 Å². The number of anilines is 1. The maximum Gasteiger partial charge on any atom is 0.294 e. The van der Waals surface area contributed by atoms with Gasteiger partial charge in [0.25, 0.3) is 5.69 Å². The van der Waals surface area contributed by atoms with Gasteiger partial charge in [0.15, 0.2) is 0 Å². The number of nitro benzene ring substituents is 1. The number of nitrogens with zero attached hydrogens (tertiary/aromatic N) is 3. The van der Waals surface area contributed by atoms with E-state index in [9.17, 15) is 15.2 Å².